The first-order valence-electron chi connectivity index (χ1n) is 8.33. The van der Waals surface area contributed by atoms with E-state index in [1.165, 1.54) is 51.7 Å². The van der Waals surface area contributed by atoms with Crippen molar-refractivity contribution in [2.24, 2.45) is 11.3 Å². The first-order valence-corrected chi connectivity index (χ1v) is 8.33. The molecule has 0 radical (unpaired) electrons. The monoisotopic (exact) mass is 268 g/mol. The molecule has 2 unspecified atom stereocenters. The van der Waals surface area contributed by atoms with Gasteiger partial charge in [-0.25, -0.2) is 0 Å². The highest BCUT2D eigenvalue weighted by molar-refractivity contribution is 4.87. The quantitative estimate of drug-likeness (QED) is 0.744. The normalized spacial score (nSPS) is 30.6. The summed E-state index contributed by atoms with van der Waals surface area (Å²) >= 11 is 0. The van der Waals surface area contributed by atoms with Crippen LogP contribution in [0, 0.1) is 11.3 Å². The van der Waals surface area contributed by atoms with Crippen molar-refractivity contribution in [3.8, 4) is 0 Å². The van der Waals surface area contributed by atoms with Crippen molar-refractivity contribution < 1.29 is 4.74 Å². The van der Waals surface area contributed by atoms with E-state index in [1.807, 2.05) is 0 Å². The fourth-order valence-electron chi connectivity index (χ4n) is 3.90. The summed E-state index contributed by atoms with van der Waals surface area (Å²) in [4.78, 5) is 0. The van der Waals surface area contributed by atoms with E-state index in [9.17, 15) is 0 Å². The highest BCUT2D eigenvalue weighted by Gasteiger charge is 2.32. The molecule has 112 valence electrons. The molecule has 0 aliphatic carbocycles. The molecule has 2 rings (SSSR count). The van der Waals surface area contributed by atoms with Crippen LogP contribution in [0.2, 0.25) is 0 Å². The molecular formula is C16H32N2O. The van der Waals surface area contributed by atoms with E-state index in [2.05, 4.69) is 24.5 Å². The summed E-state index contributed by atoms with van der Waals surface area (Å²) in [7, 11) is 0. The summed E-state index contributed by atoms with van der Waals surface area (Å²) in [6.07, 6.45) is 8.27. The first kappa shape index (κ1) is 15.3. The topological polar surface area (TPSA) is 33.3 Å². The Kier molecular flexibility index (Phi) is 6.11. The van der Waals surface area contributed by atoms with Gasteiger partial charge in [-0.15, -0.1) is 0 Å². The Hall–Kier alpha value is -0.120. The van der Waals surface area contributed by atoms with E-state index in [0.717, 1.165) is 25.5 Å². The minimum absolute atomic E-state index is 0.502. The predicted molar refractivity (Wildman–Crippen MR) is 80.5 cm³/mol. The summed E-state index contributed by atoms with van der Waals surface area (Å²) in [5.74, 6) is 0.741. The van der Waals surface area contributed by atoms with Crippen LogP contribution in [-0.4, -0.2) is 38.9 Å². The lowest BCUT2D eigenvalue weighted by Gasteiger charge is -2.38. The van der Waals surface area contributed by atoms with Gasteiger partial charge in [0.2, 0.25) is 0 Å². The molecule has 0 aromatic rings. The van der Waals surface area contributed by atoms with E-state index in [0.29, 0.717) is 11.5 Å². The van der Waals surface area contributed by atoms with Crippen molar-refractivity contribution in [1.82, 2.24) is 10.6 Å². The van der Waals surface area contributed by atoms with Gasteiger partial charge < -0.3 is 15.4 Å². The second kappa shape index (κ2) is 7.61. The van der Waals surface area contributed by atoms with Crippen molar-refractivity contribution in [2.45, 2.75) is 58.5 Å². The van der Waals surface area contributed by atoms with Crippen molar-refractivity contribution in [3.05, 3.63) is 0 Å². The maximum Gasteiger partial charge on any atom is 0.0613 e. The number of rotatable bonds is 7. The van der Waals surface area contributed by atoms with E-state index in [-0.39, 0.29) is 0 Å². The van der Waals surface area contributed by atoms with Crippen molar-refractivity contribution in [1.29, 1.82) is 0 Å². The fraction of sp³-hybridized carbons (Fsp3) is 1.00. The minimum atomic E-state index is 0.502. The van der Waals surface area contributed by atoms with Gasteiger partial charge in [-0.05, 0) is 56.5 Å². The van der Waals surface area contributed by atoms with Crippen LogP contribution < -0.4 is 10.6 Å². The average Bonchev–Trinajstić information content (AvgIpc) is 2.88. The maximum atomic E-state index is 5.78. The van der Waals surface area contributed by atoms with Crippen LogP contribution in [0.4, 0.5) is 0 Å². The van der Waals surface area contributed by atoms with Crippen LogP contribution >= 0.6 is 0 Å². The van der Waals surface area contributed by atoms with Crippen molar-refractivity contribution >= 4 is 0 Å². The van der Waals surface area contributed by atoms with E-state index < -0.39 is 0 Å². The largest absolute Gasteiger partial charge is 0.378 e. The molecule has 0 bridgehead atoms. The molecule has 2 aliphatic heterocycles. The van der Waals surface area contributed by atoms with Gasteiger partial charge >= 0.3 is 0 Å². The third kappa shape index (κ3) is 4.17. The summed E-state index contributed by atoms with van der Waals surface area (Å²) < 4.78 is 5.78. The zero-order chi connectivity index (χ0) is 13.6. The van der Waals surface area contributed by atoms with Crippen molar-refractivity contribution in [3.63, 3.8) is 0 Å². The van der Waals surface area contributed by atoms with E-state index in [1.54, 1.807) is 0 Å². The third-order valence-electron chi connectivity index (χ3n) is 5.10. The lowest BCUT2D eigenvalue weighted by atomic mass is 9.75. The number of hydrogen-bond acceptors (Lipinski definition) is 3. The molecule has 0 spiro atoms. The van der Waals surface area contributed by atoms with Gasteiger partial charge in [0.25, 0.3) is 0 Å². The Morgan fingerprint density at radius 2 is 2.05 bits per heavy atom. The molecule has 2 heterocycles. The molecule has 0 saturated carbocycles. The van der Waals surface area contributed by atoms with Gasteiger partial charge in [0.1, 0.15) is 0 Å². The molecule has 19 heavy (non-hydrogen) atoms. The molecule has 2 saturated heterocycles. The van der Waals surface area contributed by atoms with Gasteiger partial charge in [-0.3, -0.25) is 0 Å². The molecule has 2 fully saturated rings. The second-order valence-electron chi connectivity index (χ2n) is 6.50. The molecule has 2 N–H and O–H groups in total. The summed E-state index contributed by atoms with van der Waals surface area (Å²) in [6.45, 7) is 10.3. The van der Waals surface area contributed by atoms with Gasteiger partial charge in [0, 0.05) is 19.7 Å². The number of nitrogens with one attached hydrogen (secondary N) is 2. The average molecular weight is 268 g/mol. The standard InChI is InChI=1S/C16H32N2O/c1-3-6-16(7-9-17-10-8-16)13-18-12-14-5-11-19-15(14)4-2/h14-15,17-18H,3-13H2,1-2H3. The SMILES string of the molecule is CCCC1(CNCC2CCOC2CC)CCNCC1. The van der Waals surface area contributed by atoms with Gasteiger partial charge in [-0.2, -0.15) is 0 Å². The Bertz CT molecular complexity index is 246. The lowest BCUT2D eigenvalue weighted by molar-refractivity contribution is 0.0853. The van der Waals surface area contributed by atoms with Crippen LogP contribution in [0.3, 0.4) is 0 Å². The smallest absolute Gasteiger partial charge is 0.0613 e. The second-order valence-corrected chi connectivity index (χ2v) is 6.50. The minimum Gasteiger partial charge on any atom is -0.378 e. The van der Waals surface area contributed by atoms with Crippen molar-refractivity contribution in [2.75, 3.05) is 32.8 Å². The van der Waals surface area contributed by atoms with E-state index in [4.69, 9.17) is 4.74 Å². The van der Waals surface area contributed by atoms with Crippen LogP contribution in [-0.2, 0) is 4.74 Å². The Morgan fingerprint density at radius 3 is 2.74 bits per heavy atom. The Labute approximate surface area is 118 Å². The Morgan fingerprint density at radius 1 is 1.26 bits per heavy atom. The van der Waals surface area contributed by atoms with Gasteiger partial charge in [-0.1, -0.05) is 20.3 Å². The predicted octanol–water partition coefficient (Wildman–Crippen LogP) is 2.56. The fourth-order valence-corrected chi connectivity index (χ4v) is 3.90. The Balaban J connectivity index is 1.75. The van der Waals surface area contributed by atoms with Crippen LogP contribution in [0.15, 0.2) is 0 Å². The van der Waals surface area contributed by atoms with Crippen LogP contribution in [0.1, 0.15) is 52.4 Å². The molecular weight excluding hydrogens is 236 g/mol. The number of hydrogen-bond donors (Lipinski definition) is 2. The lowest BCUT2D eigenvalue weighted by Crippen LogP contribution is -2.44. The highest BCUT2D eigenvalue weighted by Crippen LogP contribution is 2.33. The van der Waals surface area contributed by atoms with Crippen LogP contribution in [0.25, 0.3) is 0 Å². The number of ether oxygens (including phenoxy) is 1. The summed E-state index contributed by atoms with van der Waals surface area (Å²) in [5, 5.41) is 7.28. The summed E-state index contributed by atoms with van der Waals surface area (Å²) in [6, 6.07) is 0. The molecule has 0 aromatic heterocycles. The number of piperidine rings is 1. The maximum absolute atomic E-state index is 5.78. The highest BCUT2D eigenvalue weighted by atomic mass is 16.5. The van der Waals surface area contributed by atoms with Crippen LogP contribution in [0.5, 0.6) is 0 Å². The first-order chi connectivity index (χ1) is 9.29. The van der Waals surface area contributed by atoms with Gasteiger partial charge in [0.15, 0.2) is 0 Å². The molecule has 3 heteroatoms. The molecule has 0 amide bonds. The zero-order valence-electron chi connectivity index (χ0n) is 12.8. The molecule has 0 aromatic carbocycles. The summed E-state index contributed by atoms with van der Waals surface area (Å²) in [5.41, 5.74) is 0.557. The molecule has 2 aliphatic rings. The molecule has 3 nitrogen and oxygen atoms in total. The molecule has 2 atom stereocenters. The van der Waals surface area contributed by atoms with E-state index >= 15 is 0 Å². The zero-order valence-corrected chi connectivity index (χ0v) is 12.8. The van der Waals surface area contributed by atoms with Gasteiger partial charge in [0.05, 0.1) is 6.10 Å². The third-order valence-corrected chi connectivity index (χ3v) is 5.10.